The van der Waals surface area contributed by atoms with Gasteiger partial charge in [-0.15, -0.1) is 0 Å². The van der Waals surface area contributed by atoms with E-state index in [2.05, 4.69) is 40.1 Å². The number of piperidine rings is 1. The molecule has 0 aliphatic carbocycles. The van der Waals surface area contributed by atoms with Gasteiger partial charge in [-0.05, 0) is 66.6 Å². The molecule has 1 aromatic rings. The molecule has 1 aliphatic rings. The summed E-state index contributed by atoms with van der Waals surface area (Å²) < 4.78 is 1.18. The first-order chi connectivity index (χ1) is 8.16. The summed E-state index contributed by atoms with van der Waals surface area (Å²) in [6, 6.07) is 6.02. The first kappa shape index (κ1) is 12.8. The van der Waals surface area contributed by atoms with Crippen LogP contribution in [-0.2, 0) is 4.79 Å². The van der Waals surface area contributed by atoms with Crippen molar-refractivity contribution in [3.05, 3.63) is 27.3 Å². The van der Waals surface area contributed by atoms with E-state index in [1.54, 1.807) is 0 Å². The predicted octanol–water partition coefficient (Wildman–Crippen LogP) is 2.54. The SMILES string of the molecule is Cc1ccc(NC(=O)[C@@H]2CCCNC2)cc1I. The van der Waals surface area contributed by atoms with Gasteiger partial charge in [0.25, 0.3) is 0 Å². The zero-order valence-corrected chi connectivity index (χ0v) is 12.1. The Morgan fingerprint density at radius 3 is 3.00 bits per heavy atom. The number of benzene rings is 1. The fourth-order valence-corrected chi connectivity index (χ4v) is 2.51. The van der Waals surface area contributed by atoms with Crippen LogP contribution in [0.15, 0.2) is 18.2 Å². The number of amides is 1. The van der Waals surface area contributed by atoms with Crippen LogP contribution in [0.3, 0.4) is 0 Å². The Morgan fingerprint density at radius 1 is 1.53 bits per heavy atom. The van der Waals surface area contributed by atoms with E-state index in [4.69, 9.17) is 0 Å². The van der Waals surface area contributed by atoms with Gasteiger partial charge >= 0.3 is 0 Å². The Bertz CT molecular complexity index is 414. The Morgan fingerprint density at radius 2 is 2.35 bits per heavy atom. The van der Waals surface area contributed by atoms with Crippen molar-refractivity contribution in [3.8, 4) is 0 Å². The minimum atomic E-state index is 0.114. The van der Waals surface area contributed by atoms with Crippen LogP contribution in [0.25, 0.3) is 0 Å². The summed E-state index contributed by atoms with van der Waals surface area (Å²) in [5.41, 5.74) is 2.14. The third kappa shape index (κ3) is 3.42. The lowest BCUT2D eigenvalue weighted by Gasteiger charge is -2.22. The van der Waals surface area contributed by atoms with Gasteiger partial charge in [-0.25, -0.2) is 0 Å². The fourth-order valence-electron chi connectivity index (χ4n) is 1.99. The maximum Gasteiger partial charge on any atom is 0.228 e. The molecule has 1 aliphatic heterocycles. The topological polar surface area (TPSA) is 41.1 Å². The van der Waals surface area contributed by atoms with Gasteiger partial charge in [0.15, 0.2) is 0 Å². The zero-order valence-electron chi connectivity index (χ0n) is 9.92. The lowest BCUT2D eigenvalue weighted by atomic mass is 9.99. The first-order valence-corrected chi connectivity index (χ1v) is 7.02. The molecule has 1 aromatic carbocycles. The maximum atomic E-state index is 12.0. The molecule has 0 unspecified atom stereocenters. The predicted molar refractivity (Wildman–Crippen MR) is 78.1 cm³/mol. The minimum absolute atomic E-state index is 0.114. The molecule has 92 valence electrons. The third-order valence-corrected chi connectivity index (χ3v) is 4.27. The van der Waals surface area contributed by atoms with Gasteiger partial charge in [0.05, 0.1) is 5.92 Å². The Hall–Kier alpha value is -0.620. The van der Waals surface area contributed by atoms with Crippen molar-refractivity contribution < 1.29 is 4.79 Å². The largest absolute Gasteiger partial charge is 0.326 e. The maximum absolute atomic E-state index is 12.0. The van der Waals surface area contributed by atoms with Crippen LogP contribution >= 0.6 is 22.6 Å². The van der Waals surface area contributed by atoms with Crippen molar-refractivity contribution >= 4 is 34.2 Å². The van der Waals surface area contributed by atoms with Crippen molar-refractivity contribution in [3.63, 3.8) is 0 Å². The first-order valence-electron chi connectivity index (χ1n) is 5.94. The highest BCUT2D eigenvalue weighted by Crippen LogP contribution is 2.19. The summed E-state index contributed by atoms with van der Waals surface area (Å²) in [5.74, 6) is 0.250. The number of aryl methyl sites for hydroxylation is 1. The highest BCUT2D eigenvalue weighted by atomic mass is 127. The van der Waals surface area contributed by atoms with Gasteiger partial charge in [-0.2, -0.15) is 0 Å². The molecule has 0 radical (unpaired) electrons. The Labute approximate surface area is 116 Å². The van der Waals surface area contributed by atoms with Gasteiger partial charge in [-0.3, -0.25) is 4.79 Å². The van der Waals surface area contributed by atoms with E-state index < -0.39 is 0 Å². The van der Waals surface area contributed by atoms with Gasteiger partial charge < -0.3 is 10.6 Å². The van der Waals surface area contributed by atoms with E-state index in [0.717, 1.165) is 31.6 Å². The number of hydrogen-bond acceptors (Lipinski definition) is 2. The average Bonchev–Trinajstić information content (AvgIpc) is 2.35. The summed E-state index contributed by atoms with van der Waals surface area (Å²) in [6.45, 7) is 3.90. The van der Waals surface area contributed by atoms with E-state index >= 15 is 0 Å². The van der Waals surface area contributed by atoms with Gasteiger partial charge in [0.1, 0.15) is 0 Å². The third-order valence-electron chi connectivity index (χ3n) is 3.11. The van der Waals surface area contributed by atoms with E-state index in [-0.39, 0.29) is 11.8 Å². The number of nitrogens with one attached hydrogen (secondary N) is 2. The second-order valence-electron chi connectivity index (χ2n) is 4.50. The van der Waals surface area contributed by atoms with E-state index in [9.17, 15) is 4.79 Å². The number of rotatable bonds is 2. The molecular formula is C13H17IN2O. The highest BCUT2D eigenvalue weighted by Gasteiger charge is 2.20. The van der Waals surface area contributed by atoms with Crippen LogP contribution in [0.4, 0.5) is 5.69 Å². The summed E-state index contributed by atoms with van der Waals surface area (Å²) in [7, 11) is 0. The lowest BCUT2D eigenvalue weighted by Crippen LogP contribution is -2.37. The molecule has 1 atom stereocenters. The molecule has 1 fully saturated rings. The smallest absolute Gasteiger partial charge is 0.228 e. The van der Waals surface area contributed by atoms with Crippen LogP contribution in [-0.4, -0.2) is 19.0 Å². The van der Waals surface area contributed by atoms with Crippen LogP contribution < -0.4 is 10.6 Å². The molecule has 1 saturated heterocycles. The average molecular weight is 344 g/mol. The quantitative estimate of drug-likeness (QED) is 0.810. The van der Waals surface area contributed by atoms with Crippen LogP contribution in [0.1, 0.15) is 18.4 Å². The monoisotopic (exact) mass is 344 g/mol. The number of anilines is 1. The second-order valence-corrected chi connectivity index (χ2v) is 5.66. The molecule has 0 bridgehead atoms. The van der Waals surface area contributed by atoms with Gasteiger partial charge in [0.2, 0.25) is 5.91 Å². The molecule has 0 spiro atoms. The molecular weight excluding hydrogens is 327 g/mol. The summed E-state index contributed by atoms with van der Waals surface area (Å²) in [5, 5.41) is 6.26. The van der Waals surface area contributed by atoms with Crippen molar-refractivity contribution in [1.29, 1.82) is 0 Å². The summed E-state index contributed by atoms with van der Waals surface area (Å²) >= 11 is 2.29. The van der Waals surface area contributed by atoms with Gasteiger partial charge in [-0.1, -0.05) is 6.07 Å². The van der Waals surface area contributed by atoms with Crippen LogP contribution in [0.2, 0.25) is 0 Å². The Balaban J connectivity index is 1.99. The van der Waals surface area contributed by atoms with Gasteiger partial charge in [0, 0.05) is 15.8 Å². The Kier molecular flexibility index (Phi) is 4.39. The number of carbonyl (C=O) groups excluding carboxylic acids is 1. The van der Waals surface area contributed by atoms with E-state index in [1.807, 2.05) is 18.2 Å². The molecule has 2 N–H and O–H groups in total. The lowest BCUT2D eigenvalue weighted by molar-refractivity contribution is -0.120. The van der Waals surface area contributed by atoms with E-state index in [1.165, 1.54) is 9.13 Å². The summed E-state index contributed by atoms with van der Waals surface area (Å²) in [4.78, 5) is 12.0. The molecule has 17 heavy (non-hydrogen) atoms. The standard InChI is InChI=1S/C13H17IN2O/c1-9-4-5-11(7-12(9)14)16-13(17)10-3-2-6-15-8-10/h4-5,7,10,15H,2-3,6,8H2,1H3,(H,16,17)/t10-/m1/s1. The van der Waals surface area contributed by atoms with Crippen molar-refractivity contribution in [1.82, 2.24) is 5.32 Å². The van der Waals surface area contributed by atoms with Crippen molar-refractivity contribution in [2.75, 3.05) is 18.4 Å². The molecule has 1 amide bonds. The number of carbonyl (C=O) groups is 1. The van der Waals surface area contributed by atoms with Crippen molar-refractivity contribution in [2.24, 2.45) is 5.92 Å². The van der Waals surface area contributed by atoms with Crippen LogP contribution in [0.5, 0.6) is 0 Å². The number of halogens is 1. The molecule has 2 rings (SSSR count). The zero-order chi connectivity index (χ0) is 12.3. The molecule has 4 heteroatoms. The molecule has 0 aromatic heterocycles. The molecule has 3 nitrogen and oxygen atoms in total. The summed E-state index contributed by atoms with van der Waals surface area (Å²) in [6.07, 6.45) is 2.07. The normalized spacial score (nSPS) is 20.0. The highest BCUT2D eigenvalue weighted by molar-refractivity contribution is 14.1. The number of hydrogen-bond donors (Lipinski definition) is 2. The minimum Gasteiger partial charge on any atom is -0.326 e. The molecule has 1 heterocycles. The van der Waals surface area contributed by atoms with Crippen LogP contribution in [0, 0.1) is 16.4 Å². The molecule has 0 saturated carbocycles. The second kappa shape index (κ2) is 5.82. The fraction of sp³-hybridized carbons (Fsp3) is 0.462. The van der Waals surface area contributed by atoms with E-state index in [0.29, 0.717) is 0 Å². The van der Waals surface area contributed by atoms with Crippen molar-refractivity contribution in [2.45, 2.75) is 19.8 Å².